The molecule has 0 aliphatic heterocycles. The topological polar surface area (TPSA) is 97.1 Å². The molecule has 0 spiro atoms. The first-order chi connectivity index (χ1) is 11.3. The first kappa shape index (κ1) is 18.1. The molecule has 24 heavy (non-hydrogen) atoms. The fourth-order valence-electron chi connectivity index (χ4n) is 2.09. The zero-order valence-corrected chi connectivity index (χ0v) is 14.8. The quantitative estimate of drug-likeness (QED) is 0.749. The van der Waals surface area contributed by atoms with Crippen LogP contribution in [0.15, 0.2) is 29.6 Å². The van der Waals surface area contributed by atoms with Crippen LogP contribution in [0.2, 0.25) is 0 Å². The number of hydrogen-bond donors (Lipinski definition) is 3. The Balaban J connectivity index is 1.97. The van der Waals surface area contributed by atoms with Gasteiger partial charge in [-0.15, -0.1) is 11.3 Å². The van der Waals surface area contributed by atoms with Gasteiger partial charge in [0.15, 0.2) is 0 Å². The van der Waals surface area contributed by atoms with Gasteiger partial charge in [0.05, 0.1) is 18.2 Å². The third kappa shape index (κ3) is 5.14. The summed E-state index contributed by atoms with van der Waals surface area (Å²) in [7, 11) is 0. The second kappa shape index (κ2) is 8.03. The van der Waals surface area contributed by atoms with E-state index in [4.69, 9.17) is 5.73 Å². The van der Waals surface area contributed by atoms with Crippen molar-refractivity contribution in [3.8, 4) is 0 Å². The first-order valence-corrected chi connectivity index (χ1v) is 8.60. The summed E-state index contributed by atoms with van der Waals surface area (Å²) in [5.74, 6) is -0.0192. The molecular weight excluding hydrogens is 324 g/mol. The van der Waals surface area contributed by atoms with Gasteiger partial charge in [0, 0.05) is 23.7 Å². The van der Waals surface area contributed by atoms with Gasteiger partial charge in [0.1, 0.15) is 5.01 Å². The number of nitrogens with zero attached hydrogens (tertiary/aromatic N) is 1. The molecule has 0 aliphatic carbocycles. The van der Waals surface area contributed by atoms with E-state index in [0.717, 1.165) is 5.01 Å². The number of anilines is 2. The maximum Gasteiger partial charge on any atom is 0.230 e. The van der Waals surface area contributed by atoms with Crippen molar-refractivity contribution in [3.05, 3.63) is 40.3 Å². The van der Waals surface area contributed by atoms with Gasteiger partial charge in [-0.1, -0.05) is 19.9 Å². The van der Waals surface area contributed by atoms with Crippen LogP contribution in [0.4, 0.5) is 11.4 Å². The summed E-state index contributed by atoms with van der Waals surface area (Å²) in [6.07, 6.45) is 0.186. The van der Waals surface area contributed by atoms with Crippen molar-refractivity contribution in [1.29, 1.82) is 0 Å². The molecule has 0 aliphatic rings. The lowest BCUT2D eigenvalue weighted by Gasteiger charge is -2.11. The number of hydrogen-bond acceptors (Lipinski definition) is 5. The summed E-state index contributed by atoms with van der Waals surface area (Å²) in [4.78, 5) is 27.7. The molecule has 2 aromatic rings. The van der Waals surface area contributed by atoms with E-state index >= 15 is 0 Å². The molecule has 2 amide bonds. The molecule has 1 aromatic carbocycles. The minimum absolute atomic E-state index is 0.110. The number of carbonyl (C=O) groups is 2. The minimum atomic E-state index is -0.162. The molecule has 2 rings (SSSR count). The van der Waals surface area contributed by atoms with Crippen LogP contribution in [0.25, 0.3) is 0 Å². The Morgan fingerprint density at radius 2 is 1.92 bits per heavy atom. The molecule has 1 heterocycles. The van der Waals surface area contributed by atoms with Crippen LogP contribution >= 0.6 is 11.3 Å². The fraction of sp³-hybridized carbons (Fsp3) is 0.353. The maximum absolute atomic E-state index is 12.2. The third-order valence-electron chi connectivity index (χ3n) is 3.38. The highest BCUT2D eigenvalue weighted by atomic mass is 32.1. The number of aromatic nitrogens is 1. The second-order valence-corrected chi connectivity index (χ2v) is 6.82. The van der Waals surface area contributed by atoms with Crippen molar-refractivity contribution in [3.63, 3.8) is 0 Å². The first-order valence-electron chi connectivity index (χ1n) is 7.72. The molecule has 1 aromatic heterocycles. The Morgan fingerprint density at radius 1 is 1.25 bits per heavy atom. The van der Waals surface area contributed by atoms with Crippen LogP contribution in [0, 0.1) is 5.92 Å². The Hall–Kier alpha value is -2.25. The van der Waals surface area contributed by atoms with Gasteiger partial charge in [-0.25, -0.2) is 4.98 Å². The molecule has 0 radical (unpaired) electrons. The standard InChI is InChI=1S/C17H22N4O2S/c1-10(2)16(18)17-21-14(9-24-17)8-15(23)20-13-6-4-5-12(7-13)19-11(3)22/h4-7,9-10,16H,8,18H2,1-3H3,(H,19,22)(H,20,23). The van der Waals surface area contributed by atoms with Crippen LogP contribution in [-0.4, -0.2) is 16.8 Å². The lowest BCUT2D eigenvalue weighted by molar-refractivity contribution is -0.116. The summed E-state index contributed by atoms with van der Waals surface area (Å²) in [5, 5.41) is 8.20. The molecule has 0 fully saturated rings. The number of benzene rings is 1. The lowest BCUT2D eigenvalue weighted by atomic mass is 10.1. The monoisotopic (exact) mass is 346 g/mol. The number of rotatable bonds is 6. The summed E-state index contributed by atoms with van der Waals surface area (Å²) >= 11 is 1.48. The van der Waals surface area contributed by atoms with Crippen LogP contribution in [-0.2, 0) is 16.0 Å². The van der Waals surface area contributed by atoms with Gasteiger partial charge >= 0.3 is 0 Å². The van der Waals surface area contributed by atoms with Crippen molar-refractivity contribution < 1.29 is 9.59 Å². The average molecular weight is 346 g/mol. The highest BCUT2D eigenvalue weighted by Crippen LogP contribution is 2.23. The van der Waals surface area contributed by atoms with Crippen LogP contribution in [0.5, 0.6) is 0 Å². The van der Waals surface area contributed by atoms with E-state index in [1.807, 2.05) is 19.2 Å². The Bertz CT molecular complexity index is 727. The van der Waals surface area contributed by atoms with Crippen molar-refractivity contribution in [2.24, 2.45) is 11.7 Å². The van der Waals surface area contributed by atoms with Crippen molar-refractivity contribution in [1.82, 2.24) is 4.98 Å². The van der Waals surface area contributed by atoms with Gasteiger partial charge in [-0.2, -0.15) is 0 Å². The smallest absolute Gasteiger partial charge is 0.230 e. The van der Waals surface area contributed by atoms with Gasteiger partial charge in [-0.05, 0) is 24.1 Å². The van der Waals surface area contributed by atoms with Crippen LogP contribution in [0.3, 0.4) is 0 Å². The number of carbonyl (C=O) groups excluding carboxylic acids is 2. The van der Waals surface area contributed by atoms with E-state index < -0.39 is 0 Å². The number of amides is 2. The molecule has 128 valence electrons. The summed E-state index contributed by atoms with van der Waals surface area (Å²) in [6, 6.07) is 6.90. The summed E-state index contributed by atoms with van der Waals surface area (Å²) in [6.45, 7) is 5.52. The number of nitrogens with two attached hydrogens (primary N) is 1. The number of thiazole rings is 1. The van der Waals surface area contributed by atoms with Gasteiger partial charge in [-0.3, -0.25) is 9.59 Å². The molecule has 1 atom stereocenters. The largest absolute Gasteiger partial charge is 0.326 e. The van der Waals surface area contributed by atoms with Gasteiger partial charge in [0.25, 0.3) is 0 Å². The number of nitrogens with one attached hydrogen (secondary N) is 2. The zero-order chi connectivity index (χ0) is 17.7. The summed E-state index contributed by atoms with van der Waals surface area (Å²) < 4.78 is 0. The molecule has 0 saturated carbocycles. The molecule has 6 nitrogen and oxygen atoms in total. The van der Waals surface area contributed by atoms with Gasteiger partial charge in [0.2, 0.25) is 11.8 Å². The normalized spacial score (nSPS) is 12.0. The molecule has 0 saturated heterocycles. The predicted octanol–water partition coefficient (Wildman–Crippen LogP) is 2.94. The molecule has 1 unspecified atom stereocenters. The van der Waals surface area contributed by atoms with Crippen molar-refractivity contribution >= 4 is 34.5 Å². The van der Waals surface area contributed by atoms with Crippen LogP contribution < -0.4 is 16.4 Å². The Labute approximate surface area is 145 Å². The zero-order valence-electron chi connectivity index (χ0n) is 14.0. The van der Waals surface area contributed by atoms with Crippen molar-refractivity contribution in [2.45, 2.75) is 33.2 Å². The second-order valence-electron chi connectivity index (χ2n) is 5.93. The molecular formula is C17H22N4O2S. The Kier molecular flexibility index (Phi) is 6.05. The molecule has 4 N–H and O–H groups in total. The van der Waals surface area contributed by atoms with E-state index in [9.17, 15) is 9.59 Å². The van der Waals surface area contributed by atoms with E-state index in [-0.39, 0.29) is 24.3 Å². The maximum atomic E-state index is 12.2. The van der Waals surface area contributed by atoms with Crippen LogP contribution in [0.1, 0.15) is 37.5 Å². The summed E-state index contributed by atoms with van der Waals surface area (Å²) in [5.41, 5.74) is 8.05. The lowest BCUT2D eigenvalue weighted by Crippen LogP contribution is -2.17. The Morgan fingerprint density at radius 3 is 2.54 bits per heavy atom. The molecule has 7 heteroatoms. The SMILES string of the molecule is CC(=O)Nc1cccc(NC(=O)Cc2csc(C(N)C(C)C)n2)c1. The average Bonchev–Trinajstić information content (AvgIpc) is 2.94. The predicted molar refractivity (Wildman–Crippen MR) is 97.0 cm³/mol. The highest BCUT2D eigenvalue weighted by molar-refractivity contribution is 7.09. The van der Waals surface area contributed by atoms with Crippen molar-refractivity contribution in [2.75, 3.05) is 10.6 Å². The minimum Gasteiger partial charge on any atom is -0.326 e. The molecule has 0 bridgehead atoms. The van der Waals surface area contributed by atoms with E-state index in [1.54, 1.807) is 24.3 Å². The van der Waals surface area contributed by atoms with E-state index in [2.05, 4.69) is 15.6 Å². The van der Waals surface area contributed by atoms with E-state index in [1.165, 1.54) is 18.3 Å². The third-order valence-corrected chi connectivity index (χ3v) is 4.38. The van der Waals surface area contributed by atoms with E-state index in [0.29, 0.717) is 23.0 Å². The van der Waals surface area contributed by atoms with Gasteiger partial charge < -0.3 is 16.4 Å². The highest BCUT2D eigenvalue weighted by Gasteiger charge is 2.16. The fourth-order valence-corrected chi connectivity index (χ4v) is 3.08.